The first-order valence-electron chi connectivity index (χ1n) is 7.60. The second-order valence-electron chi connectivity index (χ2n) is 6.41. The molecular formula is C15H27NO2. The molecule has 0 aromatic heterocycles. The van der Waals surface area contributed by atoms with Gasteiger partial charge in [-0.25, -0.2) is 0 Å². The second kappa shape index (κ2) is 6.05. The van der Waals surface area contributed by atoms with Crippen LogP contribution in [0.15, 0.2) is 0 Å². The van der Waals surface area contributed by atoms with Crippen LogP contribution in [0, 0.1) is 11.3 Å². The maximum atomic E-state index is 11.2. The largest absolute Gasteiger partial charge is 0.481 e. The molecule has 1 N–H and O–H groups in total. The third kappa shape index (κ3) is 3.25. The zero-order valence-corrected chi connectivity index (χ0v) is 11.7. The van der Waals surface area contributed by atoms with E-state index in [0.717, 1.165) is 32.5 Å². The number of likely N-dealkylation sites (tertiary alicyclic amines) is 1. The Morgan fingerprint density at radius 1 is 1.22 bits per heavy atom. The van der Waals surface area contributed by atoms with Crippen molar-refractivity contribution in [1.29, 1.82) is 0 Å². The fourth-order valence-corrected chi connectivity index (χ4v) is 3.78. The van der Waals surface area contributed by atoms with Crippen LogP contribution in [0.3, 0.4) is 0 Å². The molecule has 2 rings (SSSR count). The first-order chi connectivity index (χ1) is 8.65. The van der Waals surface area contributed by atoms with Crippen LogP contribution in [0.4, 0.5) is 0 Å². The average molecular weight is 253 g/mol. The summed E-state index contributed by atoms with van der Waals surface area (Å²) >= 11 is 0. The Kier molecular flexibility index (Phi) is 4.66. The molecule has 1 heterocycles. The summed E-state index contributed by atoms with van der Waals surface area (Å²) in [6.07, 6.45) is 10.1. The summed E-state index contributed by atoms with van der Waals surface area (Å²) < 4.78 is 0. The molecule has 2 fully saturated rings. The van der Waals surface area contributed by atoms with E-state index in [4.69, 9.17) is 0 Å². The van der Waals surface area contributed by atoms with Crippen LogP contribution >= 0.6 is 0 Å². The van der Waals surface area contributed by atoms with E-state index in [0.29, 0.717) is 5.41 Å². The number of carboxylic acid groups (broad SMARTS) is 1. The Morgan fingerprint density at radius 3 is 2.33 bits per heavy atom. The van der Waals surface area contributed by atoms with Gasteiger partial charge in [-0.3, -0.25) is 4.79 Å². The summed E-state index contributed by atoms with van der Waals surface area (Å²) in [7, 11) is 0. The minimum Gasteiger partial charge on any atom is -0.481 e. The summed E-state index contributed by atoms with van der Waals surface area (Å²) in [4.78, 5) is 13.5. The Hall–Kier alpha value is -0.570. The lowest BCUT2D eigenvalue weighted by molar-refractivity contribution is -0.144. The fraction of sp³-hybridized carbons (Fsp3) is 0.933. The van der Waals surface area contributed by atoms with Crippen molar-refractivity contribution in [2.45, 2.75) is 58.3 Å². The minimum atomic E-state index is -0.612. The molecule has 1 aliphatic carbocycles. The van der Waals surface area contributed by atoms with Gasteiger partial charge < -0.3 is 10.0 Å². The van der Waals surface area contributed by atoms with Gasteiger partial charge in [0.25, 0.3) is 0 Å². The van der Waals surface area contributed by atoms with Crippen LogP contribution in [-0.4, -0.2) is 35.6 Å². The van der Waals surface area contributed by atoms with Gasteiger partial charge in [-0.1, -0.05) is 39.0 Å². The molecule has 104 valence electrons. The van der Waals surface area contributed by atoms with Crippen LogP contribution in [0.25, 0.3) is 0 Å². The van der Waals surface area contributed by atoms with Crippen molar-refractivity contribution >= 4 is 5.97 Å². The minimum absolute atomic E-state index is 0.155. The van der Waals surface area contributed by atoms with Crippen LogP contribution in [0.1, 0.15) is 58.3 Å². The van der Waals surface area contributed by atoms with Crippen molar-refractivity contribution in [3.63, 3.8) is 0 Å². The zero-order chi connectivity index (χ0) is 13.0. The first-order valence-corrected chi connectivity index (χ1v) is 7.60. The summed E-state index contributed by atoms with van der Waals surface area (Å²) in [5.74, 6) is -0.767. The van der Waals surface area contributed by atoms with Gasteiger partial charge in [0.1, 0.15) is 0 Å². The number of aliphatic carboxylic acids is 1. The molecule has 0 bridgehead atoms. The molecule has 1 atom stereocenters. The molecule has 18 heavy (non-hydrogen) atoms. The van der Waals surface area contributed by atoms with Crippen LogP contribution in [-0.2, 0) is 4.79 Å². The topological polar surface area (TPSA) is 40.5 Å². The summed E-state index contributed by atoms with van der Waals surface area (Å²) in [5, 5.41) is 9.19. The zero-order valence-electron chi connectivity index (χ0n) is 11.7. The number of hydrogen-bond acceptors (Lipinski definition) is 2. The van der Waals surface area contributed by atoms with Gasteiger partial charge in [0, 0.05) is 19.6 Å². The Bertz CT molecular complexity index is 274. The number of hydrogen-bond donors (Lipinski definition) is 1. The van der Waals surface area contributed by atoms with Crippen molar-refractivity contribution in [1.82, 2.24) is 4.90 Å². The van der Waals surface area contributed by atoms with E-state index in [1.165, 1.54) is 38.5 Å². The number of carbonyl (C=O) groups is 1. The summed E-state index contributed by atoms with van der Waals surface area (Å²) in [6, 6.07) is 0. The molecule has 1 saturated carbocycles. The van der Waals surface area contributed by atoms with Crippen molar-refractivity contribution in [2.75, 3.05) is 19.6 Å². The lowest BCUT2D eigenvalue weighted by Crippen LogP contribution is -2.57. The first kappa shape index (κ1) is 13.9. The van der Waals surface area contributed by atoms with Crippen LogP contribution in [0.5, 0.6) is 0 Å². The summed E-state index contributed by atoms with van der Waals surface area (Å²) in [6.45, 7) is 5.14. The lowest BCUT2D eigenvalue weighted by Gasteiger charge is -2.51. The number of nitrogens with zero attached hydrogens (tertiary/aromatic N) is 1. The van der Waals surface area contributed by atoms with Crippen LogP contribution < -0.4 is 0 Å². The fourth-order valence-electron chi connectivity index (χ4n) is 3.78. The van der Waals surface area contributed by atoms with E-state index in [1.807, 2.05) is 0 Å². The third-order valence-electron chi connectivity index (χ3n) is 4.75. The summed E-state index contributed by atoms with van der Waals surface area (Å²) in [5.41, 5.74) is 0.561. The van der Waals surface area contributed by atoms with E-state index < -0.39 is 5.97 Å². The maximum Gasteiger partial charge on any atom is 0.307 e. The molecule has 1 spiro atoms. The van der Waals surface area contributed by atoms with Gasteiger partial charge in [-0.05, 0) is 24.7 Å². The van der Waals surface area contributed by atoms with Gasteiger partial charge in [0.15, 0.2) is 0 Å². The second-order valence-corrected chi connectivity index (χ2v) is 6.41. The Balaban J connectivity index is 1.78. The van der Waals surface area contributed by atoms with E-state index in [-0.39, 0.29) is 5.92 Å². The van der Waals surface area contributed by atoms with Crippen molar-refractivity contribution < 1.29 is 9.90 Å². The molecule has 1 saturated heterocycles. The molecule has 0 aromatic rings. The highest BCUT2D eigenvalue weighted by Gasteiger charge is 2.43. The number of rotatable bonds is 5. The smallest absolute Gasteiger partial charge is 0.307 e. The van der Waals surface area contributed by atoms with Crippen molar-refractivity contribution in [3.8, 4) is 0 Å². The van der Waals surface area contributed by atoms with Gasteiger partial charge in [-0.15, -0.1) is 0 Å². The molecular weight excluding hydrogens is 226 g/mol. The van der Waals surface area contributed by atoms with Crippen LogP contribution in [0.2, 0.25) is 0 Å². The molecule has 2 aliphatic rings. The van der Waals surface area contributed by atoms with E-state index >= 15 is 0 Å². The predicted octanol–water partition coefficient (Wildman–Crippen LogP) is 3.14. The highest BCUT2D eigenvalue weighted by atomic mass is 16.4. The molecule has 1 unspecified atom stereocenters. The van der Waals surface area contributed by atoms with Gasteiger partial charge in [0.2, 0.25) is 0 Å². The Labute approximate surface area is 111 Å². The molecule has 0 radical (unpaired) electrons. The normalized spacial score (nSPS) is 25.4. The molecule has 3 nitrogen and oxygen atoms in total. The lowest BCUT2D eigenvalue weighted by atomic mass is 9.73. The molecule has 0 amide bonds. The Morgan fingerprint density at radius 2 is 1.83 bits per heavy atom. The van der Waals surface area contributed by atoms with Gasteiger partial charge in [-0.2, -0.15) is 0 Å². The average Bonchev–Trinajstić information content (AvgIpc) is 2.53. The third-order valence-corrected chi connectivity index (χ3v) is 4.75. The number of carboxylic acids is 1. The predicted molar refractivity (Wildman–Crippen MR) is 72.6 cm³/mol. The van der Waals surface area contributed by atoms with E-state index in [9.17, 15) is 9.90 Å². The maximum absolute atomic E-state index is 11.2. The van der Waals surface area contributed by atoms with Crippen molar-refractivity contribution in [3.05, 3.63) is 0 Å². The highest BCUT2D eigenvalue weighted by molar-refractivity contribution is 5.70. The SMILES string of the molecule is CCCC(CN1CC2(CCCCCC2)C1)C(=O)O. The van der Waals surface area contributed by atoms with E-state index in [1.54, 1.807) is 0 Å². The quantitative estimate of drug-likeness (QED) is 0.818. The van der Waals surface area contributed by atoms with Gasteiger partial charge in [0.05, 0.1) is 5.92 Å². The van der Waals surface area contributed by atoms with Crippen molar-refractivity contribution in [2.24, 2.45) is 11.3 Å². The molecule has 0 aromatic carbocycles. The van der Waals surface area contributed by atoms with Gasteiger partial charge >= 0.3 is 5.97 Å². The highest BCUT2D eigenvalue weighted by Crippen LogP contribution is 2.42. The standard InChI is InChI=1S/C15H27NO2/c1-2-7-13(14(17)18)10-16-11-15(12-16)8-5-3-4-6-9-15/h13H,2-12H2,1H3,(H,17,18). The van der Waals surface area contributed by atoms with E-state index in [2.05, 4.69) is 11.8 Å². The molecule has 1 aliphatic heterocycles. The monoisotopic (exact) mass is 253 g/mol. The molecule has 3 heteroatoms.